The fourth-order valence-corrected chi connectivity index (χ4v) is 2.66. The summed E-state index contributed by atoms with van der Waals surface area (Å²) in [5, 5.41) is 3.38. The fraction of sp³-hybridized carbons (Fsp3) is 0.400. The molecule has 1 atom stereocenters. The van der Waals surface area contributed by atoms with Crippen molar-refractivity contribution < 1.29 is 19.1 Å². The number of carbonyl (C=O) groups excluding carboxylic acids is 3. The van der Waals surface area contributed by atoms with E-state index >= 15 is 0 Å². The Bertz CT molecular complexity index is 668. The number of nitrogens with zero attached hydrogens (tertiary/aromatic N) is 2. The van der Waals surface area contributed by atoms with Crippen LogP contribution in [0.15, 0.2) is 18.2 Å². The summed E-state index contributed by atoms with van der Waals surface area (Å²) in [4.78, 5) is 38.3. The predicted octanol–water partition coefficient (Wildman–Crippen LogP) is 1.87. The number of nitrogens with one attached hydrogen (secondary N) is 1. The lowest BCUT2D eigenvalue weighted by molar-refractivity contribution is -0.143. The van der Waals surface area contributed by atoms with E-state index in [-0.39, 0.29) is 13.1 Å². The van der Waals surface area contributed by atoms with Gasteiger partial charge in [0.25, 0.3) is 5.91 Å². The molecular weight excluding hydrogens is 357 g/mol. The quantitative estimate of drug-likeness (QED) is 0.608. The van der Waals surface area contributed by atoms with Crippen molar-refractivity contribution in [3.63, 3.8) is 0 Å². The van der Waals surface area contributed by atoms with E-state index in [9.17, 15) is 14.4 Å². The molecule has 1 unspecified atom stereocenters. The Kier molecular flexibility index (Phi) is 6.04. The van der Waals surface area contributed by atoms with E-state index in [0.29, 0.717) is 16.6 Å². The standard InChI is InChI=1S/C15H17Cl2N3O4/c1-19(7-9-3-4-10(16)11(17)5-9)8-20-14(22)12(18-15(20)23)6-13(21)24-2/h3-5,12H,6-8H2,1-2H3,(H,18,23). The molecule has 0 spiro atoms. The van der Waals surface area contributed by atoms with Gasteiger partial charge in [0.2, 0.25) is 0 Å². The Morgan fingerprint density at radius 2 is 2.04 bits per heavy atom. The molecule has 1 N–H and O–H groups in total. The first kappa shape index (κ1) is 18.5. The molecule has 0 radical (unpaired) electrons. The number of carbonyl (C=O) groups is 3. The topological polar surface area (TPSA) is 79.0 Å². The number of rotatable bonds is 6. The Hall–Kier alpha value is -1.83. The van der Waals surface area contributed by atoms with E-state index in [1.807, 2.05) is 6.07 Å². The molecule has 3 amide bonds. The zero-order valence-corrected chi connectivity index (χ0v) is 14.7. The van der Waals surface area contributed by atoms with Gasteiger partial charge in [-0.15, -0.1) is 0 Å². The first-order valence-corrected chi connectivity index (χ1v) is 7.88. The number of esters is 1. The van der Waals surface area contributed by atoms with Crippen LogP contribution in [0.1, 0.15) is 12.0 Å². The van der Waals surface area contributed by atoms with Crippen molar-refractivity contribution in [2.24, 2.45) is 0 Å². The summed E-state index contributed by atoms with van der Waals surface area (Å²) in [6, 6.07) is 3.81. The van der Waals surface area contributed by atoms with Crippen molar-refractivity contribution in [3.05, 3.63) is 33.8 Å². The number of urea groups is 1. The largest absolute Gasteiger partial charge is 0.469 e. The second kappa shape index (κ2) is 7.83. The molecule has 1 aliphatic rings. The first-order chi connectivity index (χ1) is 11.3. The van der Waals surface area contributed by atoms with Crippen molar-refractivity contribution in [1.82, 2.24) is 15.1 Å². The lowest BCUT2D eigenvalue weighted by Crippen LogP contribution is -2.40. The predicted molar refractivity (Wildman–Crippen MR) is 88.6 cm³/mol. The number of methoxy groups -OCH3 is 1. The van der Waals surface area contributed by atoms with E-state index in [2.05, 4.69) is 10.1 Å². The molecule has 0 saturated carbocycles. The van der Waals surface area contributed by atoms with Crippen LogP contribution < -0.4 is 5.32 Å². The minimum Gasteiger partial charge on any atom is -0.469 e. The van der Waals surface area contributed by atoms with E-state index in [1.54, 1.807) is 24.1 Å². The van der Waals surface area contributed by atoms with Gasteiger partial charge in [0.15, 0.2) is 0 Å². The van der Waals surface area contributed by atoms with E-state index in [1.165, 1.54) is 7.11 Å². The van der Waals surface area contributed by atoms with Crippen LogP contribution in [0.3, 0.4) is 0 Å². The van der Waals surface area contributed by atoms with Gasteiger partial charge in [-0.05, 0) is 24.7 Å². The first-order valence-electron chi connectivity index (χ1n) is 7.13. The molecule has 1 aliphatic heterocycles. The maximum absolute atomic E-state index is 12.2. The van der Waals surface area contributed by atoms with Gasteiger partial charge in [-0.3, -0.25) is 14.5 Å². The van der Waals surface area contributed by atoms with Crippen LogP contribution in [0.5, 0.6) is 0 Å². The Morgan fingerprint density at radius 3 is 2.67 bits per heavy atom. The number of hydrogen-bond donors (Lipinski definition) is 1. The van der Waals surface area contributed by atoms with Crippen LogP contribution in [0.25, 0.3) is 0 Å². The highest BCUT2D eigenvalue weighted by Crippen LogP contribution is 2.23. The van der Waals surface area contributed by atoms with Crippen molar-refractivity contribution in [1.29, 1.82) is 0 Å². The van der Waals surface area contributed by atoms with Gasteiger partial charge < -0.3 is 10.1 Å². The van der Waals surface area contributed by atoms with Gasteiger partial charge in [-0.1, -0.05) is 29.3 Å². The van der Waals surface area contributed by atoms with Crippen LogP contribution in [-0.2, 0) is 20.9 Å². The van der Waals surface area contributed by atoms with Crippen LogP contribution >= 0.6 is 23.2 Å². The lowest BCUT2D eigenvalue weighted by atomic mass is 10.2. The van der Waals surface area contributed by atoms with Gasteiger partial charge in [0.1, 0.15) is 6.04 Å². The molecule has 0 aliphatic carbocycles. The number of benzene rings is 1. The second-order valence-corrected chi connectivity index (χ2v) is 6.27. The number of amides is 3. The molecule has 9 heteroatoms. The van der Waals surface area contributed by atoms with Gasteiger partial charge >= 0.3 is 12.0 Å². The molecule has 7 nitrogen and oxygen atoms in total. The summed E-state index contributed by atoms with van der Waals surface area (Å²) in [6.07, 6.45) is -0.186. The van der Waals surface area contributed by atoms with E-state index in [4.69, 9.17) is 23.2 Å². The van der Waals surface area contributed by atoms with Gasteiger partial charge in [-0.2, -0.15) is 0 Å². The Morgan fingerprint density at radius 1 is 1.33 bits per heavy atom. The Balaban J connectivity index is 1.96. The summed E-state index contributed by atoms with van der Waals surface area (Å²) in [7, 11) is 2.99. The number of imide groups is 1. The van der Waals surface area contributed by atoms with Gasteiger partial charge in [0.05, 0.1) is 30.2 Å². The third kappa shape index (κ3) is 4.37. The molecule has 1 heterocycles. The highest BCUT2D eigenvalue weighted by atomic mass is 35.5. The molecule has 130 valence electrons. The molecule has 0 aromatic heterocycles. The Labute approximate surface area is 149 Å². The zero-order valence-electron chi connectivity index (χ0n) is 13.2. The molecule has 1 aromatic rings. The van der Waals surface area contributed by atoms with Crippen molar-refractivity contribution in [2.75, 3.05) is 20.8 Å². The van der Waals surface area contributed by atoms with Crippen LogP contribution in [0.4, 0.5) is 4.79 Å². The average Bonchev–Trinajstić information content (AvgIpc) is 2.78. The highest BCUT2D eigenvalue weighted by Gasteiger charge is 2.39. The van der Waals surface area contributed by atoms with Crippen molar-refractivity contribution in [3.8, 4) is 0 Å². The van der Waals surface area contributed by atoms with Crippen LogP contribution in [-0.4, -0.2) is 54.6 Å². The summed E-state index contributed by atoms with van der Waals surface area (Å²) in [5.74, 6) is -1.01. The SMILES string of the molecule is COC(=O)CC1NC(=O)N(CN(C)Cc2ccc(Cl)c(Cl)c2)C1=O. The third-order valence-electron chi connectivity index (χ3n) is 3.52. The molecule has 1 fully saturated rings. The van der Waals surface area contributed by atoms with Crippen LogP contribution in [0, 0.1) is 0 Å². The van der Waals surface area contributed by atoms with E-state index in [0.717, 1.165) is 10.5 Å². The number of hydrogen-bond acceptors (Lipinski definition) is 5. The minimum absolute atomic E-state index is 0.0859. The normalized spacial score (nSPS) is 17.4. The molecular formula is C15H17Cl2N3O4. The van der Waals surface area contributed by atoms with E-state index < -0.39 is 23.9 Å². The average molecular weight is 374 g/mol. The molecule has 1 aromatic carbocycles. The van der Waals surface area contributed by atoms with Gasteiger partial charge in [-0.25, -0.2) is 9.69 Å². The summed E-state index contributed by atoms with van der Waals surface area (Å²) < 4.78 is 4.52. The number of halogens is 2. The zero-order chi connectivity index (χ0) is 17.9. The summed E-state index contributed by atoms with van der Waals surface area (Å²) in [5.41, 5.74) is 0.894. The maximum atomic E-state index is 12.2. The smallest absolute Gasteiger partial charge is 0.325 e. The number of ether oxygens (including phenoxy) is 1. The molecule has 2 rings (SSSR count). The summed E-state index contributed by atoms with van der Waals surface area (Å²) >= 11 is 11.8. The van der Waals surface area contributed by atoms with Crippen LogP contribution in [0.2, 0.25) is 10.0 Å². The van der Waals surface area contributed by atoms with Crippen molar-refractivity contribution in [2.45, 2.75) is 19.0 Å². The summed E-state index contributed by atoms with van der Waals surface area (Å²) in [6.45, 7) is 0.554. The molecule has 24 heavy (non-hydrogen) atoms. The van der Waals surface area contributed by atoms with Gasteiger partial charge in [0, 0.05) is 6.54 Å². The van der Waals surface area contributed by atoms with Crippen molar-refractivity contribution >= 4 is 41.1 Å². The monoisotopic (exact) mass is 373 g/mol. The fourth-order valence-electron chi connectivity index (χ4n) is 2.34. The highest BCUT2D eigenvalue weighted by molar-refractivity contribution is 6.42. The molecule has 1 saturated heterocycles. The minimum atomic E-state index is -0.886. The third-order valence-corrected chi connectivity index (χ3v) is 4.26. The maximum Gasteiger partial charge on any atom is 0.325 e. The second-order valence-electron chi connectivity index (χ2n) is 5.45. The lowest BCUT2D eigenvalue weighted by Gasteiger charge is -2.22. The molecule has 0 bridgehead atoms.